The predicted molar refractivity (Wildman–Crippen MR) is 86.0 cm³/mol. The molecule has 0 saturated carbocycles. The lowest BCUT2D eigenvalue weighted by atomic mass is 10.0. The topological polar surface area (TPSA) is 93.5 Å². The molecule has 2 aliphatic rings. The average molecular weight is 327 g/mol. The van der Waals surface area contributed by atoms with Gasteiger partial charge in [0.25, 0.3) is 5.91 Å². The molecule has 0 spiro atoms. The van der Waals surface area contributed by atoms with Gasteiger partial charge in [-0.15, -0.1) is 0 Å². The maximum atomic E-state index is 12.3. The molecule has 1 saturated heterocycles. The third-order valence-corrected chi connectivity index (χ3v) is 4.31. The zero-order chi connectivity index (χ0) is 16.5. The predicted octanol–water partition coefficient (Wildman–Crippen LogP) is 2.32. The molecule has 2 aliphatic heterocycles. The van der Waals surface area contributed by atoms with Crippen molar-refractivity contribution in [1.82, 2.24) is 4.98 Å². The third kappa shape index (κ3) is 2.90. The fraction of sp³-hybridized carbons (Fsp3) is 0.353. The van der Waals surface area contributed by atoms with Crippen LogP contribution < -0.4 is 10.6 Å². The van der Waals surface area contributed by atoms with Crippen molar-refractivity contribution in [3.8, 4) is 0 Å². The number of benzene rings is 1. The number of amides is 2. The molecular weight excluding hydrogens is 310 g/mol. The van der Waals surface area contributed by atoms with Gasteiger partial charge >= 0.3 is 0 Å². The molecule has 7 heteroatoms. The summed E-state index contributed by atoms with van der Waals surface area (Å²) < 4.78 is 10.8. The van der Waals surface area contributed by atoms with Crippen LogP contribution in [0.15, 0.2) is 28.9 Å². The number of anilines is 2. The Hall–Kier alpha value is -2.67. The van der Waals surface area contributed by atoms with E-state index in [1.54, 1.807) is 18.2 Å². The van der Waals surface area contributed by atoms with Crippen LogP contribution in [0.25, 0.3) is 0 Å². The Balaban J connectivity index is 1.46. The number of ether oxygens (including phenoxy) is 1. The van der Waals surface area contributed by atoms with Crippen molar-refractivity contribution in [3.05, 3.63) is 41.6 Å². The molecule has 1 aromatic heterocycles. The number of carbonyl (C=O) groups excluding carboxylic acids is 2. The van der Waals surface area contributed by atoms with Crippen LogP contribution in [-0.4, -0.2) is 30.0 Å². The summed E-state index contributed by atoms with van der Waals surface area (Å²) >= 11 is 0. The first-order valence-electron chi connectivity index (χ1n) is 7.96. The van der Waals surface area contributed by atoms with E-state index in [1.807, 2.05) is 0 Å². The normalized spacial score (nSPS) is 17.4. The van der Waals surface area contributed by atoms with E-state index in [1.165, 1.54) is 6.26 Å². The number of hydrogen-bond acceptors (Lipinski definition) is 5. The summed E-state index contributed by atoms with van der Waals surface area (Å²) in [6, 6.07) is 5.33. The lowest BCUT2D eigenvalue weighted by Crippen LogP contribution is -2.15. The summed E-state index contributed by atoms with van der Waals surface area (Å²) in [6.45, 7) is 1.38. The average Bonchev–Trinajstić information content (AvgIpc) is 3.21. The first-order valence-corrected chi connectivity index (χ1v) is 7.96. The second kappa shape index (κ2) is 6.09. The summed E-state index contributed by atoms with van der Waals surface area (Å²) in [4.78, 5) is 28.0. The van der Waals surface area contributed by atoms with Gasteiger partial charge in [0.15, 0.2) is 11.6 Å². The fourth-order valence-electron chi connectivity index (χ4n) is 3.03. The van der Waals surface area contributed by atoms with Gasteiger partial charge in [0.2, 0.25) is 5.91 Å². The van der Waals surface area contributed by atoms with Crippen molar-refractivity contribution in [2.75, 3.05) is 23.8 Å². The van der Waals surface area contributed by atoms with Crippen LogP contribution in [0.3, 0.4) is 0 Å². The van der Waals surface area contributed by atoms with E-state index >= 15 is 0 Å². The SMILES string of the molecule is O=C1Cc2cc(NC(=O)c3coc(C4CCOCC4)n3)ccc2N1. The Labute approximate surface area is 138 Å². The quantitative estimate of drug-likeness (QED) is 0.902. The maximum Gasteiger partial charge on any atom is 0.277 e. The fourth-order valence-corrected chi connectivity index (χ4v) is 3.03. The summed E-state index contributed by atoms with van der Waals surface area (Å²) in [5.74, 6) is 0.435. The second-order valence-corrected chi connectivity index (χ2v) is 6.01. The van der Waals surface area contributed by atoms with E-state index in [2.05, 4.69) is 15.6 Å². The maximum absolute atomic E-state index is 12.3. The molecule has 0 radical (unpaired) electrons. The molecular formula is C17H17N3O4. The monoisotopic (exact) mass is 327 g/mol. The number of hydrogen-bond donors (Lipinski definition) is 2. The van der Waals surface area contributed by atoms with Gasteiger partial charge in [0, 0.05) is 30.5 Å². The molecule has 1 aromatic carbocycles. The molecule has 0 bridgehead atoms. The van der Waals surface area contributed by atoms with Crippen molar-refractivity contribution >= 4 is 23.2 Å². The number of oxazole rings is 1. The zero-order valence-electron chi connectivity index (χ0n) is 13.0. The lowest BCUT2D eigenvalue weighted by molar-refractivity contribution is -0.115. The Morgan fingerprint density at radius 1 is 1.29 bits per heavy atom. The third-order valence-electron chi connectivity index (χ3n) is 4.31. The van der Waals surface area contributed by atoms with Crippen molar-refractivity contribution in [3.63, 3.8) is 0 Å². The first-order chi connectivity index (χ1) is 11.7. The van der Waals surface area contributed by atoms with Crippen molar-refractivity contribution in [2.45, 2.75) is 25.2 Å². The molecule has 0 aliphatic carbocycles. The smallest absolute Gasteiger partial charge is 0.277 e. The number of nitrogens with zero attached hydrogens (tertiary/aromatic N) is 1. The van der Waals surface area contributed by atoms with Gasteiger partial charge < -0.3 is 19.8 Å². The van der Waals surface area contributed by atoms with Gasteiger partial charge in [-0.25, -0.2) is 4.98 Å². The highest BCUT2D eigenvalue weighted by Gasteiger charge is 2.23. The van der Waals surface area contributed by atoms with E-state index in [-0.39, 0.29) is 23.4 Å². The van der Waals surface area contributed by atoms with Crippen LogP contribution in [-0.2, 0) is 16.0 Å². The number of carbonyl (C=O) groups is 2. The molecule has 2 N–H and O–H groups in total. The van der Waals surface area contributed by atoms with E-state index in [0.29, 0.717) is 31.2 Å². The number of nitrogens with one attached hydrogen (secondary N) is 2. The van der Waals surface area contributed by atoms with E-state index in [4.69, 9.17) is 9.15 Å². The summed E-state index contributed by atoms with van der Waals surface area (Å²) in [7, 11) is 0. The Bertz CT molecular complexity index is 793. The van der Waals surface area contributed by atoms with E-state index < -0.39 is 0 Å². The van der Waals surface area contributed by atoms with Crippen LogP contribution in [0.4, 0.5) is 11.4 Å². The van der Waals surface area contributed by atoms with Crippen molar-refractivity contribution < 1.29 is 18.7 Å². The van der Waals surface area contributed by atoms with Crippen LogP contribution >= 0.6 is 0 Å². The lowest BCUT2D eigenvalue weighted by Gasteiger charge is -2.18. The minimum absolute atomic E-state index is 0.0360. The molecule has 0 atom stereocenters. The van der Waals surface area contributed by atoms with Gasteiger partial charge in [-0.2, -0.15) is 0 Å². The number of rotatable bonds is 3. The minimum atomic E-state index is -0.325. The second-order valence-electron chi connectivity index (χ2n) is 6.01. The highest BCUT2D eigenvalue weighted by molar-refractivity contribution is 6.04. The van der Waals surface area contributed by atoms with Crippen LogP contribution in [0.2, 0.25) is 0 Å². The Morgan fingerprint density at radius 3 is 2.96 bits per heavy atom. The largest absolute Gasteiger partial charge is 0.448 e. The number of fused-ring (bicyclic) bond motifs is 1. The molecule has 0 unspecified atom stereocenters. The van der Waals surface area contributed by atoms with Crippen molar-refractivity contribution in [1.29, 1.82) is 0 Å². The van der Waals surface area contributed by atoms with Gasteiger partial charge in [-0.3, -0.25) is 9.59 Å². The minimum Gasteiger partial charge on any atom is -0.448 e. The molecule has 3 heterocycles. The molecule has 2 amide bonds. The van der Waals surface area contributed by atoms with Crippen LogP contribution in [0, 0.1) is 0 Å². The molecule has 7 nitrogen and oxygen atoms in total. The summed E-state index contributed by atoms with van der Waals surface area (Å²) in [6.07, 6.45) is 3.43. The molecule has 1 fully saturated rings. The Kier molecular flexibility index (Phi) is 3.78. The molecule has 24 heavy (non-hydrogen) atoms. The summed E-state index contributed by atoms with van der Waals surface area (Å²) in [5.41, 5.74) is 2.55. The highest BCUT2D eigenvalue weighted by atomic mass is 16.5. The molecule has 124 valence electrons. The summed E-state index contributed by atoms with van der Waals surface area (Å²) in [5, 5.41) is 5.55. The molecule has 4 rings (SSSR count). The standard InChI is InChI=1S/C17H17N3O4/c21-15-8-11-7-12(1-2-13(11)19-15)18-16(22)14-9-24-17(20-14)10-3-5-23-6-4-10/h1-2,7,9-10H,3-6,8H2,(H,18,22)(H,19,21). The van der Waals surface area contributed by atoms with E-state index in [9.17, 15) is 9.59 Å². The van der Waals surface area contributed by atoms with Crippen molar-refractivity contribution in [2.24, 2.45) is 0 Å². The van der Waals surface area contributed by atoms with Gasteiger partial charge in [-0.1, -0.05) is 0 Å². The number of aromatic nitrogens is 1. The first kappa shape index (κ1) is 14.9. The zero-order valence-corrected chi connectivity index (χ0v) is 13.0. The molecule has 2 aromatic rings. The van der Waals surface area contributed by atoms with Gasteiger partial charge in [-0.05, 0) is 36.6 Å². The van der Waals surface area contributed by atoms with Gasteiger partial charge in [0.05, 0.1) is 6.42 Å². The van der Waals surface area contributed by atoms with Crippen LogP contribution in [0.1, 0.15) is 40.7 Å². The van der Waals surface area contributed by atoms with E-state index in [0.717, 1.165) is 24.1 Å². The van der Waals surface area contributed by atoms with Crippen LogP contribution in [0.5, 0.6) is 0 Å². The highest BCUT2D eigenvalue weighted by Crippen LogP contribution is 2.28. The van der Waals surface area contributed by atoms with Gasteiger partial charge in [0.1, 0.15) is 6.26 Å². The Morgan fingerprint density at radius 2 is 2.12 bits per heavy atom.